The summed E-state index contributed by atoms with van der Waals surface area (Å²) in [6, 6.07) is 21.9. The lowest BCUT2D eigenvalue weighted by atomic mass is 10.2. The zero-order chi connectivity index (χ0) is 24.4. The summed E-state index contributed by atoms with van der Waals surface area (Å²) >= 11 is 0. The SMILES string of the molecule is Cc1c(NC(=O)/C(=C/c2ccco2)n2nnnc2-c2ccccc2)c(=O)n(-c2ccccc2)n1C. The van der Waals surface area contributed by atoms with E-state index >= 15 is 0 Å². The minimum Gasteiger partial charge on any atom is -0.465 e. The monoisotopic (exact) mass is 467 g/mol. The van der Waals surface area contributed by atoms with Crippen LogP contribution in [0.2, 0.25) is 0 Å². The summed E-state index contributed by atoms with van der Waals surface area (Å²) in [5.41, 5.74) is 1.87. The number of nitrogens with zero attached hydrogens (tertiary/aromatic N) is 6. The van der Waals surface area contributed by atoms with Gasteiger partial charge in [0, 0.05) is 18.7 Å². The molecular weight excluding hydrogens is 446 g/mol. The van der Waals surface area contributed by atoms with Crippen molar-refractivity contribution in [2.45, 2.75) is 6.92 Å². The zero-order valence-electron chi connectivity index (χ0n) is 19.0. The number of para-hydroxylation sites is 1. The van der Waals surface area contributed by atoms with Crippen molar-refractivity contribution in [1.29, 1.82) is 0 Å². The maximum absolute atomic E-state index is 13.6. The van der Waals surface area contributed by atoms with Crippen molar-refractivity contribution in [3.63, 3.8) is 0 Å². The molecule has 0 unspecified atom stereocenters. The molecule has 0 fully saturated rings. The first-order valence-electron chi connectivity index (χ1n) is 10.8. The molecule has 35 heavy (non-hydrogen) atoms. The van der Waals surface area contributed by atoms with E-state index in [0.717, 1.165) is 5.56 Å². The molecular formula is C25H21N7O3. The molecule has 10 nitrogen and oxygen atoms in total. The molecule has 0 atom stereocenters. The quantitative estimate of drug-likeness (QED) is 0.383. The van der Waals surface area contributed by atoms with Gasteiger partial charge >= 0.3 is 0 Å². The van der Waals surface area contributed by atoms with Crippen molar-refractivity contribution >= 4 is 23.4 Å². The van der Waals surface area contributed by atoms with Crippen molar-refractivity contribution in [2.24, 2.45) is 7.05 Å². The van der Waals surface area contributed by atoms with Crippen molar-refractivity contribution in [1.82, 2.24) is 29.6 Å². The first-order valence-corrected chi connectivity index (χ1v) is 10.8. The van der Waals surface area contributed by atoms with Crippen LogP contribution in [0.15, 0.2) is 88.3 Å². The fraction of sp³-hybridized carbons (Fsp3) is 0.0800. The number of anilines is 1. The van der Waals surface area contributed by atoms with Gasteiger partial charge in [-0.2, -0.15) is 4.68 Å². The Hall–Kier alpha value is -4.99. The van der Waals surface area contributed by atoms with Crippen LogP contribution in [0.25, 0.3) is 28.8 Å². The summed E-state index contributed by atoms with van der Waals surface area (Å²) in [5, 5.41) is 14.7. The van der Waals surface area contributed by atoms with Gasteiger partial charge in [-0.3, -0.25) is 14.3 Å². The molecule has 174 valence electrons. The van der Waals surface area contributed by atoms with Crippen LogP contribution in [0.4, 0.5) is 5.69 Å². The smallest absolute Gasteiger partial charge is 0.295 e. The molecule has 0 saturated carbocycles. The number of amides is 1. The van der Waals surface area contributed by atoms with Gasteiger partial charge in [0.1, 0.15) is 17.1 Å². The van der Waals surface area contributed by atoms with Crippen LogP contribution in [0.3, 0.4) is 0 Å². The number of carbonyl (C=O) groups excluding carboxylic acids is 1. The number of hydrogen-bond acceptors (Lipinski definition) is 6. The molecule has 0 aliphatic rings. The largest absolute Gasteiger partial charge is 0.465 e. The van der Waals surface area contributed by atoms with Gasteiger partial charge in [-0.05, 0) is 41.6 Å². The second kappa shape index (κ2) is 9.10. The van der Waals surface area contributed by atoms with Gasteiger partial charge < -0.3 is 9.73 Å². The highest BCUT2D eigenvalue weighted by Gasteiger charge is 2.24. The number of tetrazole rings is 1. The molecule has 0 spiro atoms. The Labute approximate surface area is 199 Å². The molecule has 0 aliphatic carbocycles. The van der Waals surface area contributed by atoms with Crippen molar-refractivity contribution < 1.29 is 9.21 Å². The van der Waals surface area contributed by atoms with Gasteiger partial charge in [0.15, 0.2) is 5.82 Å². The molecule has 0 saturated heterocycles. The van der Waals surface area contributed by atoms with Gasteiger partial charge in [0.25, 0.3) is 11.5 Å². The lowest BCUT2D eigenvalue weighted by molar-refractivity contribution is -0.111. The van der Waals surface area contributed by atoms with E-state index in [2.05, 4.69) is 20.8 Å². The van der Waals surface area contributed by atoms with Crippen molar-refractivity contribution in [3.8, 4) is 17.1 Å². The fourth-order valence-electron chi connectivity index (χ4n) is 3.74. The predicted octanol–water partition coefficient (Wildman–Crippen LogP) is 3.37. The summed E-state index contributed by atoms with van der Waals surface area (Å²) in [6.07, 6.45) is 3.02. The Morgan fingerprint density at radius 2 is 1.71 bits per heavy atom. The Bertz CT molecular complexity index is 1560. The molecule has 2 aromatic carbocycles. The number of nitrogens with one attached hydrogen (secondary N) is 1. The third-order valence-electron chi connectivity index (χ3n) is 5.58. The third-order valence-corrected chi connectivity index (χ3v) is 5.58. The molecule has 10 heteroatoms. The van der Waals surface area contributed by atoms with Crippen molar-refractivity contribution in [3.05, 3.63) is 101 Å². The second-order valence-electron chi connectivity index (χ2n) is 7.72. The molecule has 0 bridgehead atoms. The van der Waals surface area contributed by atoms with Crippen LogP contribution < -0.4 is 10.9 Å². The number of benzene rings is 2. The van der Waals surface area contributed by atoms with Crippen LogP contribution in [0.1, 0.15) is 11.5 Å². The number of furan rings is 1. The van der Waals surface area contributed by atoms with Gasteiger partial charge in [0.05, 0.1) is 17.6 Å². The van der Waals surface area contributed by atoms with Gasteiger partial charge in [0.2, 0.25) is 0 Å². The number of rotatable bonds is 6. The fourth-order valence-corrected chi connectivity index (χ4v) is 3.74. The van der Waals surface area contributed by atoms with Gasteiger partial charge in [-0.25, -0.2) is 4.68 Å². The van der Waals surface area contributed by atoms with E-state index in [-0.39, 0.29) is 16.9 Å². The van der Waals surface area contributed by atoms with Crippen LogP contribution in [-0.4, -0.2) is 35.5 Å². The summed E-state index contributed by atoms with van der Waals surface area (Å²) in [4.78, 5) is 26.9. The lowest BCUT2D eigenvalue weighted by Gasteiger charge is -2.10. The molecule has 5 rings (SSSR count). The average Bonchev–Trinajstić information content (AvgIpc) is 3.62. The normalized spacial score (nSPS) is 11.5. The van der Waals surface area contributed by atoms with E-state index in [1.807, 2.05) is 60.7 Å². The molecule has 5 aromatic rings. The van der Waals surface area contributed by atoms with E-state index in [1.165, 1.54) is 21.7 Å². The topological polar surface area (TPSA) is 113 Å². The summed E-state index contributed by atoms with van der Waals surface area (Å²) in [7, 11) is 1.76. The highest BCUT2D eigenvalue weighted by molar-refractivity contribution is 6.24. The molecule has 3 aromatic heterocycles. The van der Waals surface area contributed by atoms with E-state index in [4.69, 9.17) is 4.42 Å². The Kier molecular flexibility index (Phi) is 5.68. The summed E-state index contributed by atoms with van der Waals surface area (Å²) < 4.78 is 9.93. The van der Waals surface area contributed by atoms with E-state index < -0.39 is 5.91 Å². The highest BCUT2D eigenvalue weighted by atomic mass is 16.3. The number of aromatic nitrogens is 6. The number of carbonyl (C=O) groups is 1. The first kappa shape index (κ1) is 21.8. The lowest BCUT2D eigenvalue weighted by Crippen LogP contribution is -2.25. The van der Waals surface area contributed by atoms with Gasteiger partial charge in [-0.1, -0.05) is 48.5 Å². The molecule has 1 amide bonds. The van der Waals surface area contributed by atoms with Crippen LogP contribution in [-0.2, 0) is 11.8 Å². The van der Waals surface area contributed by atoms with Crippen LogP contribution >= 0.6 is 0 Å². The summed E-state index contributed by atoms with van der Waals surface area (Å²) in [5.74, 6) is 0.220. The Morgan fingerprint density at radius 3 is 2.40 bits per heavy atom. The van der Waals surface area contributed by atoms with Crippen LogP contribution in [0, 0.1) is 6.92 Å². The first-order chi connectivity index (χ1) is 17.0. The minimum atomic E-state index is -0.572. The maximum Gasteiger partial charge on any atom is 0.295 e. The highest BCUT2D eigenvalue weighted by Crippen LogP contribution is 2.22. The molecule has 3 heterocycles. The minimum absolute atomic E-state index is 0.0812. The van der Waals surface area contributed by atoms with E-state index in [0.29, 0.717) is 23.0 Å². The maximum atomic E-state index is 13.6. The van der Waals surface area contributed by atoms with Crippen molar-refractivity contribution in [2.75, 3.05) is 5.32 Å². The predicted molar refractivity (Wildman–Crippen MR) is 131 cm³/mol. The van der Waals surface area contributed by atoms with Gasteiger partial charge in [-0.15, -0.1) is 5.10 Å². The molecule has 0 radical (unpaired) electrons. The number of hydrogen-bond donors (Lipinski definition) is 1. The van der Waals surface area contributed by atoms with Crippen LogP contribution in [0.5, 0.6) is 0 Å². The Balaban J connectivity index is 1.58. The van der Waals surface area contributed by atoms with E-state index in [1.54, 1.807) is 30.8 Å². The summed E-state index contributed by atoms with van der Waals surface area (Å²) in [6.45, 7) is 1.76. The Morgan fingerprint density at radius 1 is 1.00 bits per heavy atom. The average molecular weight is 467 g/mol. The third kappa shape index (κ3) is 4.08. The zero-order valence-corrected chi connectivity index (χ0v) is 19.0. The second-order valence-corrected chi connectivity index (χ2v) is 7.72. The standard InChI is InChI=1S/C25H21N7O3/c1-17-22(25(34)32(30(17)2)19-12-7-4-8-13-19)26-24(33)21(16-20-14-9-15-35-20)31-23(27-28-29-31)18-10-5-3-6-11-18/h3-16H,1-2H3,(H,26,33)/b21-16-. The molecule has 0 aliphatic heterocycles. The molecule has 1 N–H and O–H groups in total. The van der Waals surface area contributed by atoms with E-state index in [9.17, 15) is 9.59 Å².